The van der Waals surface area contributed by atoms with E-state index in [1.807, 2.05) is 6.26 Å². The first-order chi connectivity index (χ1) is 12.8. The number of ether oxygens (including phenoxy) is 3. The molecule has 0 aliphatic heterocycles. The average Bonchev–Trinajstić information content (AvgIpc) is 2.60. The smallest absolute Gasteiger partial charge is 0.407 e. The highest BCUT2D eigenvalue weighted by molar-refractivity contribution is 8.76. The molecule has 27 heavy (non-hydrogen) atoms. The van der Waals surface area contributed by atoms with Crippen LogP contribution in [0.5, 0.6) is 0 Å². The molecule has 0 aromatic rings. The van der Waals surface area contributed by atoms with Gasteiger partial charge in [-0.3, -0.25) is 4.79 Å². The molecule has 0 aliphatic rings. The fourth-order valence-electron chi connectivity index (χ4n) is 1.87. The van der Waals surface area contributed by atoms with Gasteiger partial charge in [0.2, 0.25) is 5.91 Å². The van der Waals surface area contributed by atoms with E-state index >= 15 is 0 Å². The standard InChI is InChI=1S/C17H34N2O6S2/c1-17(2,27-26-4)6-5-15(20)18-7-9-23-11-13-25-14-12-24-10-8-19(3)16(21)22/h5-14H2,1-4H3,(H,18,20)(H,21,22). The summed E-state index contributed by atoms with van der Waals surface area (Å²) in [6, 6.07) is 0. The molecule has 0 spiro atoms. The molecule has 10 heteroatoms. The van der Waals surface area contributed by atoms with E-state index in [0.29, 0.717) is 59.2 Å². The number of carboxylic acid groups (broad SMARTS) is 1. The number of nitrogens with one attached hydrogen (secondary N) is 1. The third-order valence-electron chi connectivity index (χ3n) is 3.47. The Morgan fingerprint density at radius 2 is 1.59 bits per heavy atom. The van der Waals surface area contributed by atoms with Gasteiger partial charge in [0.15, 0.2) is 0 Å². The van der Waals surface area contributed by atoms with Crippen molar-refractivity contribution in [3.05, 3.63) is 0 Å². The Bertz CT molecular complexity index is 413. The second-order valence-corrected chi connectivity index (χ2v) is 9.51. The second-order valence-electron chi connectivity index (χ2n) is 6.40. The molecule has 0 saturated carbocycles. The maximum Gasteiger partial charge on any atom is 0.407 e. The molecule has 0 unspecified atom stereocenters. The number of rotatable bonds is 17. The fourth-order valence-corrected chi connectivity index (χ4v) is 4.11. The van der Waals surface area contributed by atoms with Crippen molar-refractivity contribution in [3.63, 3.8) is 0 Å². The van der Waals surface area contributed by atoms with Crippen molar-refractivity contribution in [1.29, 1.82) is 0 Å². The van der Waals surface area contributed by atoms with E-state index in [-0.39, 0.29) is 10.7 Å². The summed E-state index contributed by atoms with van der Waals surface area (Å²) in [5, 5.41) is 11.5. The van der Waals surface area contributed by atoms with Crippen LogP contribution < -0.4 is 5.32 Å². The molecule has 0 bridgehead atoms. The first-order valence-electron chi connectivity index (χ1n) is 8.94. The van der Waals surface area contributed by atoms with Crippen LogP contribution in [0.1, 0.15) is 26.7 Å². The van der Waals surface area contributed by atoms with E-state index in [1.54, 1.807) is 21.6 Å². The van der Waals surface area contributed by atoms with Crippen LogP contribution in [-0.4, -0.2) is 92.8 Å². The lowest BCUT2D eigenvalue weighted by Crippen LogP contribution is -2.29. The maximum absolute atomic E-state index is 11.8. The minimum atomic E-state index is -0.971. The van der Waals surface area contributed by atoms with Crippen molar-refractivity contribution >= 4 is 33.6 Å². The summed E-state index contributed by atoms with van der Waals surface area (Å²) >= 11 is 0. The summed E-state index contributed by atoms with van der Waals surface area (Å²) < 4.78 is 16.1. The molecule has 0 atom stereocenters. The van der Waals surface area contributed by atoms with Crippen molar-refractivity contribution in [2.24, 2.45) is 0 Å². The molecule has 2 amide bonds. The summed E-state index contributed by atoms with van der Waals surface area (Å²) in [6.07, 6.45) is 2.43. The Labute approximate surface area is 170 Å². The van der Waals surface area contributed by atoms with E-state index in [2.05, 4.69) is 19.2 Å². The predicted octanol–water partition coefficient (Wildman–Crippen LogP) is 2.33. The van der Waals surface area contributed by atoms with Gasteiger partial charge in [-0.15, -0.1) is 0 Å². The van der Waals surface area contributed by atoms with Crippen molar-refractivity contribution < 1.29 is 28.9 Å². The summed E-state index contributed by atoms with van der Waals surface area (Å²) in [5.74, 6) is 0.0512. The number of carbonyl (C=O) groups excluding carboxylic acids is 1. The van der Waals surface area contributed by atoms with Gasteiger partial charge in [-0.1, -0.05) is 21.6 Å². The van der Waals surface area contributed by atoms with Gasteiger partial charge in [-0.2, -0.15) is 0 Å². The van der Waals surface area contributed by atoms with Gasteiger partial charge >= 0.3 is 6.09 Å². The number of hydrogen-bond donors (Lipinski definition) is 2. The molecule has 0 aliphatic carbocycles. The quantitative estimate of drug-likeness (QED) is 0.270. The Kier molecular flexibility index (Phi) is 15.9. The van der Waals surface area contributed by atoms with Gasteiger partial charge in [0.25, 0.3) is 0 Å². The topological polar surface area (TPSA) is 97.3 Å². The zero-order chi connectivity index (χ0) is 20.5. The molecule has 160 valence electrons. The third-order valence-corrected chi connectivity index (χ3v) is 6.15. The number of likely N-dealkylation sites (N-methyl/N-ethyl adjacent to an activating group) is 1. The van der Waals surface area contributed by atoms with E-state index < -0.39 is 6.09 Å². The molecule has 0 aromatic heterocycles. The van der Waals surface area contributed by atoms with Crippen LogP contribution in [0.15, 0.2) is 0 Å². The van der Waals surface area contributed by atoms with Crippen LogP contribution in [-0.2, 0) is 19.0 Å². The first-order valence-corrected chi connectivity index (χ1v) is 11.5. The predicted molar refractivity (Wildman–Crippen MR) is 111 cm³/mol. The highest BCUT2D eigenvalue weighted by atomic mass is 33.1. The highest BCUT2D eigenvalue weighted by Gasteiger charge is 2.19. The number of hydrogen-bond acceptors (Lipinski definition) is 7. The van der Waals surface area contributed by atoms with Crippen molar-refractivity contribution in [2.75, 3.05) is 66.0 Å². The SMILES string of the molecule is CSSC(C)(C)CCC(=O)NCCOCCOCCOCCN(C)C(=O)O. The minimum Gasteiger partial charge on any atom is -0.465 e. The van der Waals surface area contributed by atoms with Crippen LogP contribution in [0, 0.1) is 0 Å². The molecule has 8 nitrogen and oxygen atoms in total. The molecule has 0 heterocycles. The Morgan fingerprint density at radius 3 is 2.15 bits per heavy atom. The summed E-state index contributed by atoms with van der Waals surface area (Å²) in [6.45, 7) is 7.66. The van der Waals surface area contributed by atoms with Crippen LogP contribution in [0.25, 0.3) is 0 Å². The van der Waals surface area contributed by atoms with Crippen LogP contribution in [0.4, 0.5) is 4.79 Å². The zero-order valence-electron chi connectivity index (χ0n) is 16.8. The largest absolute Gasteiger partial charge is 0.465 e. The van der Waals surface area contributed by atoms with Crippen molar-refractivity contribution in [2.45, 2.75) is 31.4 Å². The lowest BCUT2D eigenvalue weighted by atomic mass is 10.1. The highest BCUT2D eigenvalue weighted by Crippen LogP contribution is 2.36. The molecule has 2 N–H and O–H groups in total. The Balaban J connectivity index is 3.35. The summed E-state index contributed by atoms with van der Waals surface area (Å²) in [5.41, 5.74) is 0. The molecular formula is C17H34N2O6S2. The molecule has 0 radical (unpaired) electrons. The van der Waals surface area contributed by atoms with Gasteiger partial charge in [0.05, 0.1) is 39.6 Å². The van der Waals surface area contributed by atoms with E-state index in [0.717, 1.165) is 11.3 Å². The van der Waals surface area contributed by atoms with Gasteiger partial charge < -0.3 is 29.5 Å². The Morgan fingerprint density at radius 1 is 1.04 bits per heavy atom. The van der Waals surface area contributed by atoms with Gasteiger partial charge in [-0.05, 0) is 26.5 Å². The average molecular weight is 427 g/mol. The first kappa shape index (κ1) is 26.3. The molecular weight excluding hydrogens is 392 g/mol. The van der Waals surface area contributed by atoms with E-state index in [9.17, 15) is 9.59 Å². The Hall–Kier alpha value is -0.680. The van der Waals surface area contributed by atoms with Crippen LogP contribution in [0.3, 0.4) is 0 Å². The van der Waals surface area contributed by atoms with Crippen molar-refractivity contribution in [3.8, 4) is 0 Å². The van der Waals surface area contributed by atoms with Gasteiger partial charge in [-0.25, -0.2) is 4.79 Å². The molecule has 0 aromatic carbocycles. The summed E-state index contributed by atoms with van der Waals surface area (Å²) in [7, 11) is 5.00. The zero-order valence-corrected chi connectivity index (χ0v) is 18.5. The normalized spacial score (nSPS) is 11.4. The molecule has 0 rings (SSSR count). The second kappa shape index (κ2) is 16.3. The summed E-state index contributed by atoms with van der Waals surface area (Å²) in [4.78, 5) is 23.5. The fraction of sp³-hybridized carbons (Fsp3) is 0.882. The third kappa shape index (κ3) is 17.2. The van der Waals surface area contributed by atoms with Crippen molar-refractivity contribution in [1.82, 2.24) is 10.2 Å². The minimum absolute atomic E-state index is 0.0512. The molecule has 0 saturated heterocycles. The lowest BCUT2D eigenvalue weighted by Gasteiger charge is -2.21. The monoisotopic (exact) mass is 426 g/mol. The van der Waals surface area contributed by atoms with Crippen LogP contribution >= 0.6 is 21.6 Å². The maximum atomic E-state index is 11.8. The molecule has 0 fully saturated rings. The number of amides is 2. The lowest BCUT2D eigenvalue weighted by molar-refractivity contribution is -0.121. The van der Waals surface area contributed by atoms with E-state index in [1.165, 1.54) is 7.05 Å². The van der Waals surface area contributed by atoms with Gasteiger partial charge in [0, 0.05) is 31.3 Å². The van der Waals surface area contributed by atoms with Crippen LogP contribution in [0.2, 0.25) is 0 Å². The number of carbonyl (C=O) groups is 2. The van der Waals surface area contributed by atoms with E-state index in [4.69, 9.17) is 19.3 Å². The van der Waals surface area contributed by atoms with Gasteiger partial charge in [0.1, 0.15) is 0 Å². The number of nitrogens with zero attached hydrogens (tertiary/aromatic N) is 1.